The van der Waals surface area contributed by atoms with E-state index in [0.29, 0.717) is 66.5 Å². The van der Waals surface area contributed by atoms with Gasteiger partial charge in [0.1, 0.15) is 30.2 Å². The van der Waals surface area contributed by atoms with Gasteiger partial charge in [-0.2, -0.15) is 15.8 Å². The number of nitriles is 3. The molecular weight excluding hydrogens is 892 g/mol. The Kier molecular flexibility index (Phi) is 19.3. The number of hydrogen-bond donors (Lipinski definition) is 3. The molecule has 0 aliphatic rings. The summed E-state index contributed by atoms with van der Waals surface area (Å²) in [6, 6.07) is 26.3. The molecule has 0 aliphatic carbocycles. The number of hydrogen-bond acceptors (Lipinski definition) is 14. The third-order valence-corrected chi connectivity index (χ3v) is 10.4. The minimum Gasteiger partial charge on any atom is -0.482 e. The van der Waals surface area contributed by atoms with E-state index in [1.54, 1.807) is 87.0 Å². The Balaban J connectivity index is 0.000000258. The van der Waals surface area contributed by atoms with Gasteiger partial charge in [-0.3, -0.25) is 0 Å². The first-order valence-corrected chi connectivity index (χ1v) is 20.4. The molecule has 65 heavy (non-hydrogen) atoms. The van der Waals surface area contributed by atoms with Gasteiger partial charge in [-0.15, -0.1) is 0 Å². The van der Waals surface area contributed by atoms with Gasteiger partial charge in [0.25, 0.3) is 0 Å². The van der Waals surface area contributed by atoms with Crippen LogP contribution in [0.4, 0.5) is 33.2 Å². The monoisotopic (exact) mass is 939 g/mol. The Morgan fingerprint density at radius 3 is 1.35 bits per heavy atom. The Bertz CT molecular complexity index is 2720. The van der Waals surface area contributed by atoms with Crippen LogP contribution in [0.15, 0.2) is 91.4 Å². The Labute approximate surface area is 394 Å². The third-order valence-electron chi connectivity index (χ3n) is 9.31. The highest BCUT2D eigenvalue weighted by Crippen LogP contribution is 2.38. The molecule has 3 unspecified atom stereocenters. The van der Waals surface area contributed by atoms with E-state index in [-0.39, 0.29) is 24.1 Å². The average Bonchev–Trinajstić information content (AvgIpc) is 3.26. The highest BCUT2D eigenvalue weighted by Gasteiger charge is 2.23. The SMILES string of the molecule is C.CC(Oc1cccnc1N)c1c(C#N)ccc(N(C)C)c1C#N.CC(Oc1cccnc1N)c1c(C#N)ccc(N(C)C)c1Cl.CC(Oc1cccnc1N)c1c(Cl)ccc(F)c1Cl. The van der Waals surface area contributed by atoms with Crippen molar-refractivity contribution in [2.75, 3.05) is 55.2 Å². The molecule has 0 aliphatic heterocycles. The molecule has 18 heteroatoms. The van der Waals surface area contributed by atoms with Crippen LogP contribution in [0.1, 0.15) is 79.9 Å². The van der Waals surface area contributed by atoms with Gasteiger partial charge in [0, 0.05) is 68.5 Å². The number of nitrogens with zero attached hydrogens (tertiary/aromatic N) is 8. The standard InChI is InChI=1S/C17H17N5O.C16H17ClN4O.C13H11Cl2FN2O.CH4/c1-11(23-15-5-4-8-21-17(15)20)16-12(9-18)6-7-14(22(2)3)13(16)10-19;1-10(22-13-5-4-8-20-16(13)19)14-11(9-18)6-7-12(15(14)17)21(2)3;1-7(19-10-3-2-6-18-13(10)17)11-8(14)4-5-9(16)12(11)15;/h4-8,11H,1-3H3,(H2,20,21);4-8,10H,1-3H3,(H2,19,20);2-7H,1H3,(H2,17,18);1H4. The summed E-state index contributed by atoms with van der Waals surface area (Å²) >= 11 is 18.4. The van der Waals surface area contributed by atoms with E-state index in [1.807, 2.05) is 51.0 Å². The number of rotatable bonds is 11. The van der Waals surface area contributed by atoms with Gasteiger partial charge >= 0.3 is 0 Å². The number of aromatic nitrogens is 3. The van der Waals surface area contributed by atoms with Crippen molar-refractivity contribution in [1.29, 1.82) is 15.8 Å². The number of nitrogens with two attached hydrogens (primary N) is 3. The van der Waals surface area contributed by atoms with Crippen LogP contribution in [0.3, 0.4) is 0 Å². The Morgan fingerprint density at radius 1 is 0.554 bits per heavy atom. The lowest BCUT2D eigenvalue weighted by atomic mass is 9.96. The first-order valence-electron chi connectivity index (χ1n) is 19.2. The first kappa shape index (κ1) is 52.1. The highest BCUT2D eigenvalue weighted by molar-refractivity contribution is 6.36. The van der Waals surface area contributed by atoms with Crippen LogP contribution in [0.2, 0.25) is 15.1 Å². The summed E-state index contributed by atoms with van der Waals surface area (Å²) in [4.78, 5) is 15.6. The third kappa shape index (κ3) is 12.9. The predicted octanol–water partition coefficient (Wildman–Crippen LogP) is 10.9. The van der Waals surface area contributed by atoms with Gasteiger partial charge in [-0.1, -0.05) is 42.2 Å². The number of nitrogen functional groups attached to an aromatic ring is 3. The van der Waals surface area contributed by atoms with E-state index in [4.69, 9.17) is 66.2 Å². The lowest BCUT2D eigenvalue weighted by Crippen LogP contribution is -2.15. The summed E-state index contributed by atoms with van der Waals surface area (Å²) in [5.41, 5.74) is 21.7. The molecule has 0 fully saturated rings. The van der Waals surface area contributed by atoms with Gasteiger partial charge < -0.3 is 41.2 Å². The molecular formula is C47H49Cl3FN11O3. The Hall–Kier alpha value is -7.22. The van der Waals surface area contributed by atoms with E-state index in [9.17, 15) is 20.2 Å². The van der Waals surface area contributed by atoms with Crippen molar-refractivity contribution in [3.05, 3.63) is 146 Å². The van der Waals surface area contributed by atoms with Crippen molar-refractivity contribution in [3.63, 3.8) is 0 Å². The maximum absolute atomic E-state index is 13.5. The molecule has 0 bridgehead atoms. The molecule has 3 aromatic heterocycles. The molecule has 6 aromatic rings. The van der Waals surface area contributed by atoms with Crippen molar-refractivity contribution in [3.8, 4) is 35.5 Å². The van der Waals surface area contributed by atoms with E-state index < -0.39 is 24.1 Å². The second-order valence-electron chi connectivity index (χ2n) is 14.1. The molecule has 3 aromatic carbocycles. The van der Waals surface area contributed by atoms with E-state index in [2.05, 4.69) is 33.2 Å². The number of pyridine rings is 3. The van der Waals surface area contributed by atoms with Gasteiger partial charge in [0.05, 0.1) is 50.2 Å². The van der Waals surface area contributed by atoms with Crippen LogP contribution < -0.4 is 41.2 Å². The summed E-state index contributed by atoms with van der Waals surface area (Å²) < 4.78 is 30.8. The fraction of sp³-hybridized carbons (Fsp3) is 0.234. The smallest absolute Gasteiger partial charge is 0.166 e. The number of anilines is 5. The van der Waals surface area contributed by atoms with Crippen LogP contribution in [-0.4, -0.2) is 43.1 Å². The number of benzene rings is 3. The van der Waals surface area contributed by atoms with Crippen LogP contribution in [0.5, 0.6) is 17.2 Å². The summed E-state index contributed by atoms with van der Waals surface area (Å²) in [5.74, 6) is 1.54. The zero-order chi connectivity index (χ0) is 47.2. The van der Waals surface area contributed by atoms with Crippen LogP contribution >= 0.6 is 34.8 Å². The zero-order valence-corrected chi connectivity index (χ0v) is 38.2. The molecule has 0 saturated heterocycles. The zero-order valence-electron chi connectivity index (χ0n) is 35.9. The molecule has 0 radical (unpaired) electrons. The Morgan fingerprint density at radius 2 is 0.954 bits per heavy atom. The fourth-order valence-electron chi connectivity index (χ4n) is 6.21. The van der Waals surface area contributed by atoms with Crippen LogP contribution in [0.25, 0.3) is 0 Å². The van der Waals surface area contributed by atoms with Crippen molar-refractivity contribution in [2.45, 2.75) is 46.5 Å². The van der Waals surface area contributed by atoms with Crippen molar-refractivity contribution >= 4 is 63.6 Å². The van der Waals surface area contributed by atoms with Gasteiger partial charge in [0.15, 0.2) is 34.7 Å². The quantitative estimate of drug-likeness (QED) is 0.103. The average molecular weight is 941 g/mol. The second-order valence-corrected chi connectivity index (χ2v) is 15.3. The maximum atomic E-state index is 13.5. The molecule has 3 atom stereocenters. The van der Waals surface area contributed by atoms with Gasteiger partial charge in [-0.25, -0.2) is 19.3 Å². The number of halogens is 4. The summed E-state index contributed by atoms with van der Waals surface area (Å²) in [5, 5.41) is 29.0. The van der Waals surface area contributed by atoms with Gasteiger partial charge in [0.2, 0.25) is 0 Å². The molecule has 0 spiro atoms. The molecule has 6 rings (SSSR count). The summed E-state index contributed by atoms with van der Waals surface area (Å²) in [6.07, 6.45) is 3.20. The highest BCUT2D eigenvalue weighted by atomic mass is 35.5. The molecule has 6 N–H and O–H groups in total. The molecule has 3 heterocycles. The minimum atomic E-state index is -0.554. The lowest BCUT2D eigenvalue weighted by molar-refractivity contribution is 0.227. The molecule has 0 saturated carbocycles. The largest absolute Gasteiger partial charge is 0.482 e. The molecule has 14 nitrogen and oxygen atoms in total. The normalized spacial score (nSPS) is 11.4. The van der Waals surface area contributed by atoms with E-state index >= 15 is 0 Å². The van der Waals surface area contributed by atoms with E-state index in [0.717, 1.165) is 11.4 Å². The summed E-state index contributed by atoms with van der Waals surface area (Å²) in [6.45, 7) is 5.32. The lowest BCUT2D eigenvalue weighted by Gasteiger charge is -2.22. The fourth-order valence-corrected chi connectivity index (χ4v) is 7.38. The van der Waals surface area contributed by atoms with Crippen LogP contribution in [0, 0.1) is 39.8 Å². The molecule has 0 amide bonds. The predicted molar refractivity (Wildman–Crippen MR) is 257 cm³/mol. The topological polar surface area (TPSA) is 222 Å². The van der Waals surface area contributed by atoms with Crippen molar-refractivity contribution in [2.24, 2.45) is 0 Å². The number of ether oxygens (including phenoxy) is 3. The maximum Gasteiger partial charge on any atom is 0.166 e. The molecule has 338 valence electrons. The minimum absolute atomic E-state index is 0. The van der Waals surface area contributed by atoms with Crippen molar-refractivity contribution < 1.29 is 18.6 Å². The second kappa shape index (κ2) is 24.0. The first-order chi connectivity index (χ1) is 30.4. The van der Waals surface area contributed by atoms with Crippen molar-refractivity contribution in [1.82, 2.24) is 15.0 Å². The van der Waals surface area contributed by atoms with Crippen LogP contribution in [-0.2, 0) is 0 Å². The van der Waals surface area contributed by atoms with Gasteiger partial charge in [-0.05, 0) is 93.6 Å². The van der Waals surface area contributed by atoms with E-state index in [1.165, 1.54) is 12.1 Å². The summed E-state index contributed by atoms with van der Waals surface area (Å²) in [7, 11) is 7.47.